The maximum absolute atomic E-state index is 11.5. The van der Waals surface area contributed by atoms with Crippen LogP contribution in [-0.4, -0.2) is 81.3 Å². The van der Waals surface area contributed by atoms with Crippen molar-refractivity contribution in [1.82, 2.24) is 34.9 Å². The highest BCUT2D eigenvalue weighted by atomic mass is 16.1. The number of aromatic nitrogens is 4. The Labute approximate surface area is 165 Å². The summed E-state index contributed by atoms with van der Waals surface area (Å²) in [5.41, 5.74) is 2.06. The lowest BCUT2D eigenvalue weighted by Gasteiger charge is -2.32. The maximum Gasteiger partial charge on any atom is 0.221 e. The Bertz CT molecular complexity index is 838. The molecule has 0 unspecified atom stereocenters. The first-order chi connectivity index (χ1) is 13.8. The smallest absolute Gasteiger partial charge is 0.221 e. The quantitative estimate of drug-likeness (QED) is 0.830. The van der Waals surface area contributed by atoms with E-state index in [2.05, 4.69) is 37.4 Å². The van der Waals surface area contributed by atoms with Crippen LogP contribution in [0, 0.1) is 0 Å². The van der Waals surface area contributed by atoms with Crippen molar-refractivity contribution in [1.29, 1.82) is 0 Å². The molecule has 1 aliphatic carbocycles. The van der Waals surface area contributed by atoms with Gasteiger partial charge in [0, 0.05) is 51.0 Å². The molecule has 5 rings (SSSR count). The van der Waals surface area contributed by atoms with Crippen LogP contribution in [-0.2, 0) is 4.79 Å². The van der Waals surface area contributed by atoms with E-state index in [1.807, 2.05) is 4.52 Å². The van der Waals surface area contributed by atoms with Crippen molar-refractivity contribution >= 4 is 11.6 Å². The van der Waals surface area contributed by atoms with Gasteiger partial charge in [0.05, 0.1) is 5.69 Å². The molecular formula is C20H29N7O. The van der Waals surface area contributed by atoms with Gasteiger partial charge in [0.25, 0.3) is 0 Å². The third-order valence-corrected chi connectivity index (χ3v) is 6.39. The molecule has 3 aliphatic rings. The first kappa shape index (κ1) is 18.0. The van der Waals surface area contributed by atoms with E-state index in [4.69, 9.17) is 5.10 Å². The topological polar surface area (TPSA) is 78.7 Å². The van der Waals surface area contributed by atoms with Gasteiger partial charge in [-0.1, -0.05) is 0 Å². The molecule has 0 bridgehead atoms. The number of amides is 1. The number of carbonyl (C=O) groups is 1. The second-order valence-corrected chi connectivity index (χ2v) is 8.42. The summed E-state index contributed by atoms with van der Waals surface area (Å²) < 4.78 is 2.00. The monoisotopic (exact) mass is 383 g/mol. The van der Waals surface area contributed by atoms with Gasteiger partial charge < -0.3 is 10.2 Å². The largest absolute Gasteiger partial charge is 0.355 e. The van der Waals surface area contributed by atoms with Crippen LogP contribution in [0.3, 0.4) is 0 Å². The van der Waals surface area contributed by atoms with E-state index in [0.29, 0.717) is 18.3 Å². The summed E-state index contributed by atoms with van der Waals surface area (Å²) >= 11 is 0. The van der Waals surface area contributed by atoms with Crippen LogP contribution in [0.2, 0.25) is 0 Å². The minimum atomic E-state index is 0.183. The fourth-order valence-corrected chi connectivity index (χ4v) is 4.41. The molecule has 150 valence electrons. The molecule has 0 spiro atoms. The SMILES string of the molecule is O=C1CCN(CCN2CCC(c3nnc4ccc(C5CC5)nn34)CC2)CCN1. The number of hydrogen-bond donors (Lipinski definition) is 1. The number of rotatable bonds is 5. The molecule has 4 heterocycles. The average molecular weight is 384 g/mol. The molecule has 1 amide bonds. The molecule has 2 aromatic heterocycles. The highest BCUT2D eigenvalue weighted by Crippen LogP contribution is 2.39. The number of piperidine rings is 1. The van der Waals surface area contributed by atoms with Crippen molar-refractivity contribution in [3.8, 4) is 0 Å². The fraction of sp³-hybridized carbons (Fsp3) is 0.700. The third kappa shape index (κ3) is 3.89. The van der Waals surface area contributed by atoms with Gasteiger partial charge in [0.1, 0.15) is 0 Å². The number of hydrogen-bond acceptors (Lipinski definition) is 6. The highest BCUT2D eigenvalue weighted by molar-refractivity contribution is 5.76. The number of carbonyl (C=O) groups excluding carboxylic acids is 1. The predicted molar refractivity (Wildman–Crippen MR) is 105 cm³/mol. The molecule has 28 heavy (non-hydrogen) atoms. The van der Waals surface area contributed by atoms with E-state index in [0.717, 1.165) is 70.1 Å². The zero-order chi connectivity index (χ0) is 18.9. The standard InChI is InChI=1S/C20H29N7O/c28-19-7-11-26(12-8-21-19)14-13-25-9-5-16(6-10-25)20-23-22-18-4-3-17(15-1-2-15)24-27(18)20/h3-4,15-16H,1-2,5-14H2,(H,21,28). The molecule has 8 heteroatoms. The fourth-order valence-electron chi connectivity index (χ4n) is 4.41. The molecule has 1 saturated carbocycles. The van der Waals surface area contributed by atoms with Crippen LogP contribution in [0.5, 0.6) is 0 Å². The minimum absolute atomic E-state index is 0.183. The Balaban J connectivity index is 1.16. The molecule has 0 radical (unpaired) electrons. The van der Waals surface area contributed by atoms with Crippen molar-refractivity contribution in [2.75, 3.05) is 45.8 Å². The second-order valence-electron chi connectivity index (χ2n) is 8.42. The van der Waals surface area contributed by atoms with Crippen molar-refractivity contribution in [3.05, 3.63) is 23.7 Å². The average Bonchev–Trinajstić information content (AvgIpc) is 3.52. The van der Waals surface area contributed by atoms with E-state index in [9.17, 15) is 4.79 Å². The van der Waals surface area contributed by atoms with E-state index in [1.54, 1.807) is 0 Å². The lowest BCUT2D eigenvalue weighted by molar-refractivity contribution is -0.120. The van der Waals surface area contributed by atoms with Crippen molar-refractivity contribution in [2.24, 2.45) is 0 Å². The van der Waals surface area contributed by atoms with Crippen LogP contribution in [0.25, 0.3) is 5.65 Å². The van der Waals surface area contributed by atoms with Gasteiger partial charge in [-0.2, -0.15) is 9.61 Å². The molecule has 2 aromatic rings. The van der Waals surface area contributed by atoms with Gasteiger partial charge in [0.2, 0.25) is 5.91 Å². The molecule has 3 fully saturated rings. The van der Waals surface area contributed by atoms with E-state index in [-0.39, 0.29) is 5.91 Å². The summed E-state index contributed by atoms with van der Waals surface area (Å²) in [4.78, 5) is 16.4. The van der Waals surface area contributed by atoms with Gasteiger partial charge in [-0.3, -0.25) is 9.69 Å². The lowest BCUT2D eigenvalue weighted by atomic mass is 9.96. The van der Waals surface area contributed by atoms with E-state index < -0.39 is 0 Å². The van der Waals surface area contributed by atoms with Crippen LogP contribution >= 0.6 is 0 Å². The summed E-state index contributed by atoms with van der Waals surface area (Å²) in [6, 6.07) is 4.17. The molecular weight excluding hydrogens is 354 g/mol. The molecule has 2 aliphatic heterocycles. The predicted octanol–water partition coefficient (Wildman–Crippen LogP) is 1.00. The summed E-state index contributed by atoms with van der Waals surface area (Å²) in [6.45, 7) is 6.91. The number of likely N-dealkylation sites (tertiary alicyclic amines) is 1. The van der Waals surface area contributed by atoms with Crippen LogP contribution in [0.4, 0.5) is 0 Å². The number of fused-ring (bicyclic) bond motifs is 1. The molecule has 8 nitrogen and oxygen atoms in total. The molecule has 0 atom stereocenters. The molecule has 2 saturated heterocycles. The van der Waals surface area contributed by atoms with Crippen LogP contribution in [0.1, 0.15) is 55.5 Å². The van der Waals surface area contributed by atoms with E-state index >= 15 is 0 Å². The molecule has 1 N–H and O–H groups in total. The van der Waals surface area contributed by atoms with Gasteiger partial charge in [0.15, 0.2) is 11.5 Å². The van der Waals surface area contributed by atoms with Crippen LogP contribution < -0.4 is 5.32 Å². The summed E-state index contributed by atoms with van der Waals surface area (Å²) in [5.74, 6) is 2.30. The van der Waals surface area contributed by atoms with Gasteiger partial charge in [-0.15, -0.1) is 10.2 Å². The number of nitrogens with one attached hydrogen (secondary N) is 1. The van der Waals surface area contributed by atoms with Crippen molar-refractivity contribution < 1.29 is 4.79 Å². The zero-order valence-corrected chi connectivity index (χ0v) is 16.4. The Morgan fingerprint density at radius 1 is 0.929 bits per heavy atom. The first-order valence-corrected chi connectivity index (χ1v) is 10.7. The zero-order valence-electron chi connectivity index (χ0n) is 16.4. The second kappa shape index (κ2) is 7.75. The minimum Gasteiger partial charge on any atom is -0.355 e. The Morgan fingerprint density at radius 3 is 2.50 bits per heavy atom. The summed E-state index contributed by atoms with van der Waals surface area (Å²) in [7, 11) is 0. The first-order valence-electron chi connectivity index (χ1n) is 10.7. The number of nitrogens with zero attached hydrogens (tertiary/aromatic N) is 6. The Hall–Kier alpha value is -2.06. The molecule has 0 aromatic carbocycles. The Morgan fingerprint density at radius 2 is 1.71 bits per heavy atom. The van der Waals surface area contributed by atoms with Crippen molar-refractivity contribution in [2.45, 2.75) is 43.9 Å². The van der Waals surface area contributed by atoms with Gasteiger partial charge >= 0.3 is 0 Å². The van der Waals surface area contributed by atoms with Gasteiger partial charge in [-0.05, 0) is 50.9 Å². The Kier molecular flexibility index (Phi) is 4.98. The maximum atomic E-state index is 11.5. The summed E-state index contributed by atoms with van der Waals surface area (Å²) in [6.07, 6.45) is 5.36. The lowest BCUT2D eigenvalue weighted by Crippen LogP contribution is -2.40. The van der Waals surface area contributed by atoms with Gasteiger partial charge in [-0.25, -0.2) is 0 Å². The van der Waals surface area contributed by atoms with Crippen LogP contribution in [0.15, 0.2) is 12.1 Å². The normalized spacial score (nSPS) is 23.1. The van der Waals surface area contributed by atoms with E-state index in [1.165, 1.54) is 18.5 Å². The highest BCUT2D eigenvalue weighted by Gasteiger charge is 2.28. The van der Waals surface area contributed by atoms with Crippen molar-refractivity contribution in [3.63, 3.8) is 0 Å². The third-order valence-electron chi connectivity index (χ3n) is 6.39. The summed E-state index contributed by atoms with van der Waals surface area (Å²) in [5, 5.41) is 16.6.